The van der Waals surface area contributed by atoms with Crippen molar-refractivity contribution in [2.75, 3.05) is 19.3 Å². The summed E-state index contributed by atoms with van der Waals surface area (Å²) in [5.41, 5.74) is 6.28. The first kappa shape index (κ1) is 17.6. The molecule has 0 atom stereocenters. The van der Waals surface area contributed by atoms with Crippen molar-refractivity contribution in [3.63, 3.8) is 0 Å². The van der Waals surface area contributed by atoms with E-state index in [1.165, 1.54) is 0 Å². The SMILES string of the molecule is CC(C)(CNC(=O)c1cccc(CCN)c1)NS(C)(=O)=O. The van der Waals surface area contributed by atoms with Crippen LogP contribution in [0, 0.1) is 0 Å². The van der Waals surface area contributed by atoms with E-state index in [2.05, 4.69) is 10.0 Å². The van der Waals surface area contributed by atoms with E-state index in [-0.39, 0.29) is 12.5 Å². The van der Waals surface area contributed by atoms with Crippen molar-refractivity contribution in [3.8, 4) is 0 Å². The van der Waals surface area contributed by atoms with E-state index in [0.717, 1.165) is 11.8 Å². The van der Waals surface area contributed by atoms with Crippen LogP contribution in [0.15, 0.2) is 24.3 Å². The standard InChI is InChI=1S/C14H23N3O3S/c1-14(2,17-21(3,19)20)10-16-13(18)12-6-4-5-11(9-12)7-8-15/h4-6,9,17H,7-8,10,15H2,1-3H3,(H,16,18). The van der Waals surface area contributed by atoms with Crippen LogP contribution in [0.4, 0.5) is 0 Å². The molecule has 1 amide bonds. The fourth-order valence-corrected chi connectivity index (χ4v) is 3.05. The molecule has 0 aliphatic carbocycles. The lowest BCUT2D eigenvalue weighted by molar-refractivity contribution is 0.0944. The highest BCUT2D eigenvalue weighted by Gasteiger charge is 2.23. The molecular formula is C14H23N3O3S. The van der Waals surface area contributed by atoms with E-state index in [1.807, 2.05) is 6.07 Å². The van der Waals surface area contributed by atoms with Crippen LogP contribution < -0.4 is 15.8 Å². The molecule has 6 nitrogen and oxygen atoms in total. The number of nitrogens with one attached hydrogen (secondary N) is 2. The second kappa shape index (κ2) is 7.02. The van der Waals surface area contributed by atoms with Gasteiger partial charge in [0.15, 0.2) is 0 Å². The molecule has 21 heavy (non-hydrogen) atoms. The van der Waals surface area contributed by atoms with Gasteiger partial charge in [0.25, 0.3) is 5.91 Å². The highest BCUT2D eigenvalue weighted by molar-refractivity contribution is 7.88. The average molecular weight is 313 g/mol. The van der Waals surface area contributed by atoms with Crippen molar-refractivity contribution >= 4 is 15.9 Å². The van der Waals surface area contributed by atoms with Crippen molar-refractivity contribution in [1.82, 2.24) is 10.0 Å². The molecule has 118 valence electrons. The molecule has 0 bridgehead atoms. The van der Waals surface area contributed by atoms with Gasteiger partial charge in [0, 0.05) is 17.6 Å². The van der Waals surface area contributed by atoms with Crippen molar-refractivity contribution in [1.29, 1.82) is 0 Å². The Morgan fingerprint density at radius 1 is 1.33 bits per heavy atom. The number of benzene rings is 1. The molecular weight excluding hydrogens is 290 g/mol. The van der Waals surface area contributed by atoms with E-state index >= 15 is 0 Å². The van der Waals surface area contributed by atoms with Crippen molar-refractivity contribution in [2.45, 2.75) is 25.8 Å². The summed E-state index contributed by atoms with van der Waals surface area (Å²) < 4.78 is 25.0. The predicted molar refractivity (Wildman–Crippen MR) is 83.6 cm³/mol. The number of hydrogen-bond donors (Lipinski definition) is 3. The Balaban J connectivity index is 2.67. The van der Waals surface area contributed by atoms with E-state index in [0.29, 0.717) is 18.5 Å². The van der Waals surface area contributed by atoms with Gasteiger partial charge in [0.05, 0.1) is 6.26 Å². The number of sulfonamides is 1. The third kappa shape index (κ3) is 6.70. The monoisotopic (exact) mass is 313 g/mol. The fourth-order valence-electron chi connectivity index (χ4n) is 1.98. The maximum absolute atomic E-state index is 12.1. The van der Waals surface area contributed by atoms with E-state index in [1.54, 1.807) is 32.0 Å². The molecule has 4 N–H and O–H groups in total. The number of carbonyl (C=O) groups is 1. The Labute approximate surface area is 126 Å². The van der Waals surface area contributed by atoms with Crippen LogP contribution >= 0.6 is 0 Å². The average Bonchev–Trinajstić information content (AvgIpc) is 2.34. The second-order valence-electron chi connectivity index (χ2n) is 5.68. The zero-order valence-corrected chi connectivity index (χ0v) is 13.5. The van der Waals surface area contributed by atoms with Crippen LogP contribution in [0.2, 0.25) is 0 Å². The quantitative estimate of drug-likeness (QED) is 0.671. The highest BCUT2D eigenvalue weighted by atomic mass is 32.2. The van der Waals surface area contributed by atoms with Crippen LogP contribution in [-0.4, -0.2) is 39.2 Å². The van der Waals surface area contributed by atoms with Crippen molar-refractivity contribution in [3.05, 3.63) is 35.4 Å². The smallest absolute Gasteiger partial charge is 0.251 e. The van der Waals surface area contributed by atoms with Gasteiger partial charge in [-0.25, -0.2) is 13.1 Å². The van der Waals surface area contributed by atoms with Crippen molar-refractivity contribution in [2.24, 2.45) is 5.73 Å². The summed E-state index contributed by atoms with van der Waals surface area (Å²) in [5.74, 6) is -0.239. The molecule has 1 aromatic carbocycles. The highest BCUT2D eigenvalue weighted by Crippen LogP contribution is 2.07. The molecule has 1 rings (SSSR count). The number of hydrogen-bond acceptors (Lipinski definition) is 4. The van der Waals surface area contributed by atoms with Gasteiger partial charge in [-0.2, -0.15) is 0 Å². The topological polar surface area (TPSA) is 101 Å². The Bertz CT molecular complexity index is 597. The summed E-state index contributed by atoms with van der Waals surface area (Å²) in [6.45, 7) is 4.13. The molecule has 0 unspecified atom stereocenters. The van der Waals surface area contributed by atoms with Crippen LogP contribution in [0.1, 0.15) is 29.8 Å². The van der Waals surface area contributed by atoms with Crippen LogP contribution in [0.3, 0.4) is 0 Å². The number of amides is 1. The summed E-state index contributed by atoms with van der Waals surface area (Å²) in [4.78, 5) is 12.1. The molecule has 0 spiro atoms. The van der Waals surface area contributed by atoms with Gasteiger partial charge in [-0.1, -0.05) is 12.1 Å². The van der Waals surface area contributed by atoms with Gasteiger partial charge in [0.2, 0.25) is 10.0 Å². The molecule has 0 saturated carbocycles. The summed E-state index contributed by atoms with van der Waals surface area (Å²) in [6.07, 6.45) is 1.80. The van der Waals surface area contributed by atoms with Gasteiger partial charge in [-0.05, 0) is 44.5 Å². The molecule has 0 aromatic heterocycles. The normalized spacial score (nSPS) is 12.2. The minimum atomic E-state index is -3.32. The first-order valence-corrected chi connectivity index (χ1v) is 8.58. The molecule has 0 saturated heterocycles. The molecule has 7 heteroatoms. The minimum Gasteiger partial charge on any atom is -0.350 e. The molecule has 0 fully saturated rings. The Kier molecular flexibility index (Phi) is 5.88. The summed E-state index contributed by atoms with van der Waals surface area (Å²) in [7, 11) is -3.32. The van der Waals surface area contributed by atoms with Gasteiger partial charge in [-0.15, -0.1) is 0 Å². The maximum Gasteiger partial charge on any atom is 0.251 e. The summed E-state index contributed by atoms with van der Waals surface area (Å²) in [5, 5.41) is 2.73. The van der Waals surface area contributed by atoms with Crippen LogP contribution in [0.5, 0.6) is 0 Å². The van der Waals surface area contributed by atoms with E-state index < -0.39 is 15.6 Å². The largest absolute Gasteiger partial charge is 0.350 e. The predicted octanol–water partition coefficient (Wildman–Crippen LogP) is 0.245. The Hall–Kier alpha value is -1.44. The number of rotatable bonds is 7. The van der Waals surface area contributed by atoms with Crippen molar-refractivity contribution < 1.29 is 13.2 Å². The van der Waals surface area contributed by atoms with E-state index in [9.17, 15) is 13.2 Å². The molecule has 0 aliphatic heterocycles. The second-order valence-corrected chi connectivity index (χ2v) is 7.43. The zero-order valence-electron chi connectivity index (χ0n) is 12.6. The zero-order chi connectivity index (χ0) is 16.1. The van der Waals surface area contributed by atoms with Gasteiger partial charge >= 0.3 is 0 Å². The number of carbonyl (C=O) groups excluding carboxylic acids is 1. The lowest BCUT2D eigenvalue weighted by Crippen LogP contribution is -2.51. The number of nitrogens with two attached hydrogens (primary N) is 1. The van der Waals surface area contributed by atoms with E-state index in [4.69, 9.17) is 5.73 Å². The Morgan fingerprint density at radius 2 is 2.00 bits per heavy atom. The van der Waals surface area contributed by atoms with Crippen LogP contribution in [0.25, 0.3) is 0 Å². The van der Waals surface area contributed by atoms with Gasteiger partial charge in [0.1, 0.15) is 0 Å². The molecule has 0 aliphatic rings. The summed E-state index contributed by atoms with van der Waals surface area (Å²) in [6, 6.07) is 7.23. The minimum absolute atomic E-state index is 0.194. The Morgan fingerprint density at radius 3 is 2.57 bits per heavy atom. The molecule has 0 radical (unpaired) electrons. The first-order valence-electron chi connectivity index (χ1n) is 6.69. The first-order chi connectivity index (χ1) is 9.63. The third-order valence-electron chi connectivity index (χ3n) is 2.77. The van der Waals surface area contributed by atoms with Gasteiger partial charge < -0.3 is 11.1 Å². The lowest BCUT2D eigenvalue weighted by Gasteiger charge is -2.25. The summed E-state index contributed by atoms with van der Waals surface area (Å²) >= 11 is 0. The molecule has 1 aromatic rings. The fraction of sp³-hybridized carbons (Fsp3) is 0.500. The lowest BCUT2D eigenvalue weighted by atomic mass is 10.1. The maximum atomic E-state index is 12.1. The van der Waals surface area contributed by atoms with Crippen LogP contribution in [-0.2, 0) is 16.4 Å². The van der Waals surface area contributed by atoms with Gasteiger partial charge in [-0.3, -0.25) is 4.79 Å². The molecule has 0 heterocycles. The third-order valence-corrected chi connectivity index (χ3v) is 3.70.